The molecule has 1 atom stereocenters. The lowest BCUT2D eigenvalue weighted by atomic mass is 9.88. The van der Waals surface area contributed by atoms with E-state index in [-0.39, 0.29) is 0 Å². The Morgan fingerprint density at radius 3 is 2.49 bits per heavy atom. The molecule has 0 aliphatic heterocycles. The number of benzene rings is 3. The van der Waals surface area contributed by atoms with Gasteiger partial charge < -0.3 is 5.11 Å². The van der Waals surface area contributed by atoms with E-state index in [1.165, 1.54) is 17.1 Å². The second-order valence-electron chi connectivity index (χ2n) is 9.00. The molecule has 5 nitrogen and oxygen atoms in total. The SMILES string of the molecule is CC(C)c1cc(-c2cccc(C(Cc3ccc(-c4cnns4)cc3)C(=O)O)c2)c2ncccc2c1. The molecule has 0 amide bonds. The highest BCUT2D eigenvalue weighted by molar-refractivity contribution is 7.09. The zero-order chi connectivity index (χ0) is 24.4. The van der Waals surface area contributed by atoms with Gasteiger partial charge in [-0.3, -0.25) is 9.78 Å². The molecule has 174 valence electrons. The first-order valence-electron chi connectivity index (χ1n) is 11.6. The van der Waals surface area contributed by atoms with Crippen LogP contribution in [0.3, 0.4) is 0 Å². The molecule has 2 aromatic heterocycles. The highest BCUT2D eigenvalue weighted by Crippen LogP contribution is 2.34. The van der Waals surface area contributed by atoms with Crippen molar-refractivity contribution in [2.75, 3.05) is 0 Å². The Labute approximate surface area is 208 Å². The molecule has 0 saturated heterocycles. The quantitative estimate of drug-likeness (QED) is 0.273. The van der Waals surface area contributed by atoms with E-state index in [4.69, 9.17) is 0 Å². The topological polar surface area (TPSA) is 76.0 Å². The first-order chi connectivity index (χ1) is 17.0. The van der Waals surface area contributed by atoms with Crippen LogP contribution in [0.4, 0.5) is 0 Å². The van der Waals surface area contributed by atoms with Gasteiger partial charge in [0, 0.05) is 17.1 Å². The maximum absolute atomic E-state index is 12.3. The summed E-state index contributed by atoms with van der Waals surface area (Å²) in [5.74, 6) is -1.12. The second kappa shape index (κ2) is 9.76. The van der Waals surface area contributed by atoms with Crippen molar-refractivity contribution in [3.8, 4) is 21.6 Å². The molecule has 1 unspecified atom stereocenters. The molecular weight excluding hydrogens is 454 g/mol. The number of carboxylic acid groups (broad SMARTS) is 1. The summed E-state index contributed by atoms with van der Waals surface area (Å²) in [6.45, 7) is 4.35. The van der Waals surface area contributed by atoms with Crippen LogP contribution < -0.4 is 0 Å². The number of nitrogens with zero attached hydrogens (tertiary/aromatic N) is 3. The fraction of sp³-hybridized carbons (Fsp3) is 0.172. The minimum Gasteiger partial charge on any atom is -0.481 e. The largest absolute Gasteiger partial charge is 0.481 e. The fourth-order valence-electron chi connectivity index (χ4n) is 4.37. The Bertz CT molecular complexity index is 1480. The van der Waals surface area contributed by atoms with Gasteiger partial charge in [0.05, 0.1) is 22.5 Å². The van der Waals surface area contributed by atoms with Crippen LogP contribution in [0.5, 0.6) is 0 Å². The van der Waals surface area contributed by atoms with Crippen molar-refractivity contribution < 1.29 is 9.90 Å². The first kappa shape index (κ1) is 22.9. The van der Waals surface area contributed by atoms with Gasteiger partial charge in [-0.25, -0.2) is 0 Å². The molecular formula is C29H25N3O2S. The standard InChI is InChI=1S/C29H25N3O2S/c1-18(2)24-15-23-7-4-12-30-28(23)25(16-24)21-5-3-6-22(14-21)26(29(33)34)13-19-8-10-20(11-9-19)27-17-31-32-35-27/h3-12,14-18,26H,13H2,1-2H3,(H,33,34). The molecule has 1 N–H and O–H groups in total. The van der Waals surface area contributed by atoms with E-state index in [1.807, 2.05) is 54.6 Å². The Balaban J connectivity index is 1.50. The maximum Gasteiger partial charge on any atom is 0.311 e. The van der Waals surface area contributed by atoms with Gasteiger partial charge in [0.25, 0.3) is 0 Å². The minimum absolute atomic E-state index is 0.372. The third-order valence-electron chi connectivity index (χ3n) is 6.33. The van der Waals surface area contributed by atoms with Gasteiger partial charge in [-0.1, -0.05) is 72.9 Å². The van der Waals surface area contributed by atoms with Crippen molar-refractivity contribution in [2.24, 2.45) is 0 Å². The zero-order valence-electron chi connectivity index (χ0n) is 19.6. The number of pyridine rings is 1. The van der Waals surface area contributed by atoms with E-state index in [0.29, 0.717) is 12.3 Å². The summed E-state index contributed by atoms with van der Waals surface area (Å²) < 4.78 is 3.91. The molecule has 0 radical (unpaired) electrons. The summed E-state index contributed by atoms with van der Waals surface area (Å²) in [5.41, 5.74) is 6.95. The molecule has 3 aromatic carbocycles. The van der Waals surface area contributed by atoms with Crippen LogP contribution in [0.1, 0.15) is 42.4 Å². The lowest BCUT2D eigenvalue weighted by Crippen LogP contribution is -2.14. The molecule has 5 rings (SSSR count). The van der Waals surface area contributed by atoms with E-state index < -0.39 is 11.9 Å². The highest BCUT2D eigenvalue weighted by atomic mass is 32.1. The number of hydrogen-bond donors (Lipinski definition) is 1. The maximum atomic E-state index is 12.3. The molecule has 5 aromatic rings. The van der Waals surface area contributed by atoms with Gasteiger partial charge >= 0.3 is 5.97 Å². The van der Waals surface area contributed by atoms with Crippen molar-refractivity contribution in [1.82, 2.24) is 14.6 Å². The van der Waals surface area contributed by atoms with E-state index in [0.717, 1.165) is 43.6 Å². The predicted molar refractivity (Wildman–Crippen MR) is 141 cm³/mol. The molecule has 0 aliphatic rings. The molecule has 6 heteroatoms. The minimum atomic E-state index is -0.836. The lowest BCUT2D eigenvalue weighted by molar-refractivity contribution is -0.138. The first-order valence-corrected chi connectivity index (χ1v) is 12.4. The molecule has 35 heavy (non-hydrogen) atoms. The second-order valence-corrected chi connectivity index (χ2v) is 9.78. The van der Waals surface area contributed by atoms with Crippen LogP contribution >= 0.6 is 11.5 Å². The molecule has 0 fully saturated rings. The molecule has 2 heterocycles. The molecule has 0 aliphatic carbocycles. The summed E-state index contributed by atoms with van der Waals surface area (Å²) in [6.07, 6.45) is 3.94. The van der Waals surface area contributed by atoms with Gasteiger partial charge in [-0.2, -0.15) is 0 Å². The number of carbonyl (C=O) groups is 1. The van der Waals surface area contributed by atoms with Gasteiger partial charge in [-0.05, 0) is 69.9 Å². The zero-order valence-corrected chi connectivity index (χ0v) is 20.4. The van der Waals surface area contributed by atoms with Gasteiger partial charge in [0.2, 0.25) is 0 Å². The fourth-order valence-corrected chi connectivity index (χ4v) is 4.89. The summed E-state index contributed by atoms with van der Waals surface area (Å²) in [4.78, 5) is 18.0. The summed E-state index contributed by atoms with van der Waals surface area (Å²) in [6, 6.07) is 24.2. The third-order valence-corrected chi connectivity index (χ3v) is 7.05. The number of carboxylic acids is 1. The monoisotopic (exact) mass is 479 g/mol. The van der Waals surface area contributed by atoms with Crippen molar-refractivity contribution in [3.05, 3.63) is 102 Å². The molecule has 0 saturated carbocycles. The van der Waals surface area contributed by atoms with Gasteiger partial charge in [0.1, 0.15) is 0 Å². The van der Waals surface area contributed by atoms with E-state index >= 15 is 0 Å². The Morgan fingerprint density at radius 1 is 0.943 bits per heavy atom. The lowest BCUT2D eigenvalue weighted by Gasteiger charge is -2.16. The number of aliphatic carboxylic acids is 1. The Hall–Kier alpha value is -3.90. The predicted octanol–water partition coefficient (Wildman–Crippen LogP) is 6.95. The molecule has 0 spiro atoms. The number of rotatable bonds is 7. The summed E-state index contributed by atoms with van der Waals surface area (Å²) >= 11 is 1.34. The van der Waals surface area contributed by atoms with Crippen molar-refractivity contribution >= 4 is 28.4 Å². The van der Waals surface area contributed by atoms with Crippen LogP contribution in [-0.4, -0.2) is 25.6 Å². The Morgan fingerprint density at radius 2 is 1.77 bits per heavy atom. The van der Waals surface area contributed by atoms with E-state index in [2.05, 4.69) is 46.6 Å². The average Bonchev–Trinajstić information content (AvgIpc) is 3.42. The van der Waals surface area contributed by atoms with Crippen LogP contribution in [-0.2, 0) is 11.2 Å². The van der Waals surface area contributed by atoms with E-state index in [9.17, 15) is 9.90 Å². The highest BCUT2D eigenvalue weighted by Gasteiger charge is 2.21. The van der Waals surface area contributed by atoms with Gasteiger partial charge in [0.15, 0.2) is 0 Å². The van der Waals surface area contributed by atoms with Crippen LogP contribution in [0, 0.1) is 0 Å². The van der Waals surface area contributed by atoms with Crippen LogP contribution in [0.2, 0.25) is 0 Å². The average molecular weight is 480 g/mol. The normalized spacial score (nSPS) is 12.2. The van der Waals surface area contributed by atoms with Crippen LogP contribution in [0.15, 0.2) is 85.2 Å². The third kappa shape index (κ3) is 4.84. The van der Waals surface area contributed by atoms with Crippen LogP contribution in [0.25, 0.3) is 32.5 Å². The number of aromatic nitrogens is 3. The van der Waals surface area contributed by atoms with Crippen molar-refractivity contribution in [2.45, 2.75) is 32.1 Å². The summed E-state index contributed by atoms with van der Waals surface area (Å²) in [5, 5.41) is 15.1. The van der Waals surface area contributed by atoms with Crippen molar-refractivity contribution in [3.63, 3.8) is 0 Å². The smallest absolute Gasteiger partial charge is 0.311 e. The van der Waals surface area contributed by atoms with Crippen molar-refractivity contribution in [1.29, 1.82) is 0 Å². The Kier molecular flexibility index (Phi) is 6.38. The summed E-state index contributed by atoms with van der Waals surface area (Å²) in [7, 11) is 0. The van der Waals surface area contributed by atoms with Gasteiger partial charge in [-0.15, -0.1) is 5.10 Å². The number of hydrogen-bond acceptors (Lipinski definition) is 5. The molecule has 0 bridgehead atoms. The van der Waals surface area contributed by atoms with E-state index in [1.54, 1.807) is 12.4 Å². The number of fused-ring (bicyclic) bond motifs is 1.